The molecule has 0 amide bonds. The molecule has 4 rings (SSSR count). The molecule has 4 saturated carbocycles. The lowest BCUT2D eigenvalue weighted by atomic mass is 9.43. The minimum atomic E-state index is -2.59. The van der Waals surface area contributed by atoms with Crippen LogP contribution in [0.3, 0.4) is 0 Å². The summed E-state index contributed by atoms with van der Waals surface area (Å²) in [5, 5.41) is 0. The molecular formula is C28H46F2O4. The normalized spacial score (nSPS) is 46.2. The van der Waals surface area contributed by atoms with Crippen LogP contribution in [-0.4, -0.2) is 39.0 Å². The predicted molar refractivity (Wildman–Crippen MR) is 127 cm³/mol. The van der Waals surface area contributed by atoms with E-state index in [1.807, 2.05) is 0 Å². The van der Waals surface area contributed by atoms with Gasteiger partial charge in [0.1, 0.15) is 6.79 Å². The average Bonchev–Trinajstić information content (AvgIpc) is 3.14. The zero-order chi connectivity index (χ0) is 24.9. The predicted octanol–water partition coefficient (Wildman–Crippen LogP) is 6.71. The van der Waals surface area contributed by atoms with E-state index in [4.69, 9.17) is 14.2 Å². The van der Waals surface area contributed by atoms with Crippen molar-refractivity contribution in [2.75, 3.05) is 21.0 Å². The van der Waals surface area contributed by atoms with E-state index < -0.39 is 11.8 Å². The van der Waals surface area contributed by atoms with Crippen LogP contribution in [0, 0.1) is 52.3 Å². The Morgan fingerprint density at radius 1 is 1.06 bits per heavy atom. The van der Waals surface area contributed by atoms with Gasteiger partial charge in [-0.25, -0.2) is 8.78 Å². The van der Waals surface area contributed by atoms with E-state index in [1.54, 1.807) is 14.0 Å². The molecule has 4 aliphatic rings. The highest BCUT2D eigenvalue weighted by molar-refractivity contribution is 5.69. The summed E-state index contributed by atoms with van der Waals surface area (Å²) in [6, 6.07) is 0. The summed E-state index contributed by atoms with van der Waals surface area (Å²) in [7, 11) is 3.11. The van der Waals surface area contributed by atoms with Gasteiger partial charge in [-0.15, -0.1) is 0 Å². The Hall–Kier alpha value is -0.750. The van der Waals surface area contributed by atoms with Gasteiger partial charge in [0, 0.05) is 25.9 Å². The summed E-state index contributed by atoms with van der Waals surface area (Å²) in [6.45, 7) is 8.90. The van der Waals surface area contributed by atoms with Gasteiger partial charge in [-0.05, 0) is 91.3 Å². The summed E-state index contributed by atoms with van der Waals surface area (Å²) < 4.78 is 46.7. The SMILES string of the molecule is COCOC1C[C@@H]2C[C@@H](C)C(F)(F)C[C@]2(C)C2CC[C@@]3(C)C(CC[C@@H]3[C@H](C)CCC(=O)OC)C12. The molecule has 196 valence electrons. The Kier molecular flexibility index (Phi) is 7.44. The number of hydrogen-bond acceptors (Lipinski definition) is 4. The minimum absolute atomic E-state index is 0.0202. The molecule has 4 unspecified atom stereocenters. The third-order valence-corrected chi connectivity index (χ3v) is 11.2. The molecule has 4 fully saturated rings. The zero-order valence-corrected chi connectivity index (χ0v) is 22.1. The Morgan fingerprint density at radius 2 is 1.76 bits per heavy atom. The first-order chi connectivity index (χ1) is 16.0. The Bertz CT molecular complexity index is 744. The standard InChI is InChI=1S/C28H46F2O4/c1-17(7-10-24(31)33-6)20-8-9-21-25-22(11-12-26(20,21)3)27(4)15-28(29,30)18(2)13-19(27)14-23(25)34-16-32-5/h17-23,25H,7-16H2,1-6H3/t17-,18-,19+,20-,21?,22?,23?,25?,26-,27+/m1/s1. The third-order valence-electron chi connectivity index (χ3n) is 11.2. The molecule has 0 aromatic rings. The highest BCUT2D eigenvalue weighted by Gasteiger charge is 2.66. The number of alkyl halides is 2. The number of carbonyl (C=O) groups excluding carboxylic acids is 1. The largest absolute Gasteiger partial charge is 0.469 e. The van der Waals surface area contributed by atoms with Crippen LogP contribution < -0.4 is 0 Å². The molecule has 4 aliphatic carbocycles. The molecule has 0 spiro atoms. The van der Waals surface area contributed by atoms with Crippen molar-refractivity contribution in [3.8, 4) is 0 Å². The van der Waals surface area contributed by atoms with Crippen LogP contribution in [0.4, 0.5) is 8.78 Å². The highest BCUT2D eigenvalue weighted by atomic mass is 19.3. The fraction of sp³-hybridized carbons (Fsp3) is 0.964. The van der Waals surface area contributed by atoms with E-state index in [1.165, 1.54) is 7.11 Å². The molecule has 0 saturated heterocycles. The van der Waals surface area contributed by atoms with Crippen LogP contribution in [0.15, 0.2) is 0 Å². The minimum Gasteiger partial charge on any atom is -0.469 e. The molecule has 10 atom stereocenters. The second kappa shape index (κ2) is 9.61. The van der Waals surface area contributed by atoms with Gasteiger partial charge >= 0.3 is 5.97 Å². The van der Waals surface area contributed by atoms with Crippen molar-refractivity contribution in [3.63, 3.8) is 0 Å². The van der Waals surface area contributed by atoms with Gasteiger partial charge in [-0.1, -0.05) is 27.7 Å². The number of halogens is 2. The van der Waals surface area contributed by atoms with Crippen molar-refractivity contribution in [1.29, 1.82) is 0 Å². The van der Waals surface area contributed by atoms with E-state index >= 15 is 8.78 Å². The zero-order valence-electron chi connectivity index (χ0n) is 22.1. The molecule has 0 bridgehead atoms. The smallest absolute Gasteiger partial charge is 0.305 e. The number of esters is 1. The van der Waals surface area contributed by atoms with E-state index in [9.17, 15) is 4.79 Å². The molecule has 0 aliphatic heterocycles. The quantitative estimate of drug-likeness (QED) is 0.297. The van der Waals surface area contributed by atoms with Gasteiger partial charge in [0.05, 0.1) is 13.2 Å². The van der Waals surface area contributed by atoms with Crippen LogP contribution in [0.2, 0.25) is 0 Å². The Labute approximate surface area is 204 Å². The molecular weight excluding hydrogens is 438 g/mol. The van der Waals surface area contributed by atoms with Crippen molar-refractivity contribution in [1.82, 2.24) is 0 Å². The Balaban J connectivity index is 1.61. The number of rotatable bonds is 7. The maximum Gasteiger partial charge on any atom is 0.305 e. The van der Waals surface area contributed by atoms with Crippen LogP contribution in [0.5, 0.6) is 0 Å². The van der Waals surface area contributed by atoms with Crippen molar-refractivity contribution < 1.29 is 27.8 Å². The number of ether oxygens (including phenoxy) is 3. The van der Waals surface area contributed by atoms with Gasteiger partial charge in [-0.2, -0.15) is 0 Å². The van der Waals surface area contributed by atoms with Crippen molar-refractivity contribution in [2.45, 2.75) is 97.5 Å². The van der Waals surface area contributed by atoms with Crippen molar-refractivity contribution in [2.24, 2.45) is 52.3 Å². The molecule has 4 nitrogen and oxygen atoms in total. The summed E-state index contributed by atoms with van der Waals surface area (Å²) in [6.07, 6.45) is 7.25. The summed E-state index contributed by atoms with van der Waals surface area (Å²) in [5.41, 5.74) is -0.164. The van der Waals surface area contributed by atoms with Gasteiger partial charge in [0.15, 0.2) is 0 Å². The van der Waals surface area contributed by atoms with Gasteiger partial charge in [-0.3, -0.25) is 4.79 Å². The van der Waals surface area contributed by atoms with Crippen LogP contribution in [-0.2, 0) is 19.0 Å². The van der Waals surface area contributed by atoms with E-state index in [2.05, 4.69) is 20.8 Å². The number of fused-ring (bicyclic) bond motifs is 5. The molecule has 0 radical (unpaired) electrons. The number of methoxy groups -OCH3 is 2. The fourth-order valence-corrected chi connectivity index (χ4v) is 9.37. The lowest BCUT2D eigenvalue weighted by molar-refractivity contribution is -0.237. The van der Waals surface area contributed by atoms with Crippen molar-refractivity contribution in [3.05, 3.63) is 0 Å². The average molecular weight is 485 g/mol. The van der Waals surface area contributed by atoms with E-state index in [-0.39, 0.29) is 48.0 Å². The third kappa shape index (κ3) is 4.33. The second-order valence-corrected chi connectivity index (χ2v) is 12.7. The summed E-state index contributed by atoms with van der Waals surface area (Å²) >= 11 is 0. The summed E-state index contributed by atoms with van der Waals surface area (Å²) in [5.74, 6) is -0.967. The molecule has 0 heterocycles. The van der Waals surface area contributed by atoms with E-state index in [0.717, 1.165) is 38.5 Å². The highest BCUT2D eigenvalue weighted by Crippen LogP contribution is 2.70. The van der Waals surface area contributed by atoms with Crippen molar-refractivity contribution >= 4 is 5.97 Å². The summed E-state index contributed by atoms with van der Waals surface area (Å²) in [4.78, 5) is 11.8. The first-order valence-corrected chi connectivity index (χ1v) is 13.5. The molecule has 0 aromatic heterocycles. The van der Waals surface area contributed by atoms with Crippen LogP contribution >= 0.6 is 0 Å². The first kappa shape index (κ1) is 26.3. The monoisotopic (exact) mass is 484 g/mol. The fourth-order valence-electron chi connectivity index (χ4n) is 9.37. The van der Waals surface area contributed by atoms with Gasteiger partial charge in [0.2, 0.25) is 0 Å². The van der Waals surface area contributed by atoms with Crippen LogP contribution in [0.1, 0.15) is 85.5 Å². The molecule has 0 aromatic carbocycles. The number of carbonyl (C=O) groups is 1. The van der Waals surface area contributed by atoms with Crippen LogP contribution in [0.25, 0.3) is 0 Å². The maximum atomic E-state index is 15.1. The van der Waals surface area contributed by atoms with Gasteiger partial charge in [0.25, 0.3) is 5.92 Å². The number of hydrogen-bond donors (Lipinski definition) is 0. The lowest BCUT2D eigenvalue weighted by Crippen LogP contribution is -2.61. The molecule has 6 heteroatoms. The molecule has 0 N–H and O–H groups in total. The molecule has 34 heavy (non-hydrogen) atoms. The van der Waals surface area contributed by atoms with Gasteiger partial charge < -0.3 is 14.2 Å². The first-order valence-electron chi connectivity index (χ1n) is 13.5. The Morgan fingerprint density at radius 3 is 2.44 bits per heavy atom. The second-order valence-electron chi connectivity index (χ2n) is 12.7. The topological polar surface area (TPSA) is 44.8 Å². The lowest BCUT2D eigenvalue weighted by Gasteiger charge is -2.64. The maximum absolute atomic E-state index is 15.1. The van der Waals surface area contributed by atoms with E-state index in [0.29, 0.717) is 36.5 Å².